The number of nitrogens with zero attached hydrogens (tertiary/aromatic N) is 1. The van der Waals surface area contributed by atoms with Gasteiger partial charge in [0.15, 0.2) is 0 Å². The molecule has 0 spiro atoms. The monoisotopic (exact) mass is 234 g/mol. The lowest BCUT2D eigenvalue weighted by atomic mass is 10.2. The summed E-state index contributed by atoms with van der Waals surface area (Å²) in [6, 6.07) is 1.33. The summed E-state index contributed by atoms with van der Waals surface area (Å²) in [6.07, 6.45) is 3.44. The van der Waals surface area contributed by atoms with Crippen molar-refractivity contribution in [3.63, 3.8) is 0 Å². The van der Waals surface area contributed by atoms with Gasteiger partial charge in [0.25, 0.3) is 5.92 Å². The van der Waals surface area contributed by atoms with E-state index in [1.54, 1.807) is 0 Å². The zero-order valence-corrected chi connectivity index (χ0v) is 9.63. The fraction of sp³-hybridized carbons (Fsp3) is 1.00. The topological polar surface area (TPSA) is 35.5 Å². The van der Waals surface area contributed by atoms with Crippen molar-refractivity contribution in [1.82, 2.24) is 10.2 Å². The maximum Gasteiger partial charge on any atom is 0.282 e. The van der Waals surface area contributed by atoms with Crippen LogP contribution in [0.2, 0.25) is 0 Å². The third-order valence-electron chi connectivity index (χ3n) is 3.52. The number of alkyl halides is 2. The summed E-state index contributed by atoms with van der Waals surface area (Å²) in [4.78, 5) is 2.41. The van der Waals surface area contributed by atoms with E-state index in [-0.39, 0.29) is 6.04 Å². The average Bonchev–Trinajstić information content (AvgIpc) is 3.01. The van der Waals surface area contributed by atoms with Crippen molar-refractivity contribution >= 4 is 0 Å². The third kappa shape index (κ3) is 2.90. The number of rotatable bonds is 5. The van der Waals surface area contributed by atoms with Crippen molar-refractivity contribution < 1.29 is 13.9 Å². The number of aliphatic hydroxyl groups excluding tert-OH is 1. The van der Waals surface area contributed by atoms with Crippen molar-refractivity contribution in [1.29, 1.82) is 0 Å². The highest BCUT2D eigenvalue weighted by Crippen LogP contribution is 2.33. The molecule has 94 valence electrons. The van der Waals surface area contributed by atoms with Crippen LogP contribution in [0.5, 0.6) is 0 Å². The molecule has 1 aliphatic heterocycles. The molecule has 0 amide bonds. The molecule has 1 heterocycles. The number of hydrogen-bond donors (Lipinski definition) is 2. The van der Waals surface area contributed by atoms with Crippen molar-refractivity contribution in [3.05, 3.63) is 0 Å². The van der Waals surface area contributed by atoms with E-state index in [4.69, 9.17) is 5.11 Å². The van der Waals surface area contributed by atoms with Crippen LogP contribution in [0.25, 0.3) is 0 Å². The van der Waals surface area contributed by atoms with Crippen LogP contribution in [-0.4, -0.2) is 53.8 Å². The minimum atomic E-state index is -2.99. The lowest BCUT2D eigenvalue weighted by Crippen LogP contribution is -2.42. The van der Waals surface area contributed by atoms with Gasteiger partial charge in [-0.2, -0.15) is 0 Å². The van der Waals surface area contributed by atoms with Crippen LogP contribution in [0.4, 0.5) is 8.78 Å². The molecule has 1 saturated carbocycles. The molecule has 0 aromatic carbocycles. The molecule has 2 atom stereocenters. The maximum absolute atomic E-state index is 12.8. The Morgan fingerprint density at radius 1 is 1.44 bits per heavy atom. The highest BCUT2D eigenvalue weighted by Gasteiger charge is 2.39. The highest BCUT2D eigenvalue weighted by molar-refractivity contribution is 4.96. The molecule has 2 aliphatic rings. The molecule has 16 heavy (non-hydrogen) atoms. The van der Waals surface area contributed by atoms with Crippen LogP contribution in [0.3, 0.4) is 0 Å². The summed E-state index contributed by atoms with van der Waals surface area (Å²) < 4.78 is 25.7. The quantitative estimate of drug-likeness (QED) is 0.739. The molecule has 3 nitrogen and oxygen atoms in total. The van der Waals surface area contributed by atoms with E-state index in [9.17, 15) is 8.78 Å². The van der Waals surface area contributed by atoms with Crippen molar-refractivity contribution in [3.8, 4) is 0 Å². The Morgan fingerprint density at radius 3 is 2.69 bits per heavy atom. The van der Waals surface area contributed by atoms with E-state index in [0.717, 1.165) is 13.0 Å². The fourth-order valence-corrected chi connectivity index (χ4v) is 2.47. The second-order valence-corrected chi connectivity index (χ2v) is 5.10. The SMILES string of the molecule is CC1CC(NCC(F)(F)CO)CN1C1CC1. The zero-order valence-electron chi connectivity index (χ0n) is 9.63. The first-order chi connectivity index (χ1) is 7.52. The van der Waals surface area contributed by atoms with Gasteiger partial charge in [-0.1, -0.05) is 0 Å². The van der Waals surface area contributed by atoms with Crippen molar-refractivity contribution in [2.75, 3.05) is 19.7 Å². The molecule has 1 saturated heterocycles. The molecule has 0 bridgehead atoms. The highest BCUT2D eigenvalue weighted by atomic mass is 19.3. The van der Waals surface area contributed by atoms with Gasteiger partial charge in [-0.15, -0.1) is 0 Å². The van der Waals surface area contributed by atoms with E-state index in [1.165, 1.54) is 12.8 Å². The summed E-state index contributed by atoms with van der Waals surface area (Å²) in [5, 5.41) is 11.3. The van der Waals surface area contributed by atoms with Gasteiger partial charge in [-0.05, 0) is 26.2 Å². The van der Waals surface area contributed by atoms with Gasteiger partial charge in [-0.3, -0.25) is 4.90 Å². The number of nitrogens with one attached hydrogen (secondary N) is 1. The van der Waals surface area contributed by atoms with E-state index < -0.39 is 19.1 Å². The summed E-state index contributed by atoms with van der Waals surface area (Å²) in [5.41, 5.74) is 0. The first-order valence-electron chi connectivity index (χ1n) is 5.99. The summed E-state index contributed by atoms with van der Waals surface area (Å²) in [6.45, 7) is 1.53. The Bertz CT molecular complexity index is 246. The second kappa shape index (κ2) is 4.55. The minimum absolute atomic E-state index is 0.146. The van der Waals surface area contributed by atoms with E-state index >= 15 is 0 Å². The van der Waals surface area contributed by atoms with Gasteiger partial charge in [0.1, 0.15) is 6.61 Å². The van der Waals surface area contributed by atoms with E-state index in [0.29, 0.717) is 12.1 Å². The molecule has 2 unspecified atom stereocenters. The van der Waals surface area contributed by atoms with Crippen LogP contribution in [0.15, 0.2) is 0 Å². The van der Waals surface area contributed by atoms with Gasteiger partial charge in [-0.25, -0.2) is 8.78 Å². The minimum Gasteiger partial charge on any atom is -0.390 e. The van der Waals surface area contributed by atoms with Crippen LogP contribution in [-0.2, 0) is 0 Å². The Kier molecular flexibility index (Phi) is 3.47. The Balaban J connectivity index is 1.75. The average molecular weight is 234 g/mol. The first kappa shape index (κ1) is 12.2. The van der Waals surface area contributed by atoms with Gasteiger partial charge in [0.05, 0.1) is 6.54 Å². The molecule has 2 N–H and O–H groups in total. The van der Waals surface area contributed by atoms with Crippen LogP contribution in [0.1, 0.15) is 26.2 Å². The molecular formula is C11H20F2N2O. The number of halogens is 2. The van der Waals surface area contributed by atoms with E-state index in [2.05, 4.69) is 17.1 Å². The predicted octanol–water partition coefficient (Wildman–Crippen LogP) is 0.829. The van der Waals surface area contributed by atoms with E-state index in [1.807, 2.05) is 0 Å². The summed E-state index contributed by atoms with van der Waals surface area (Å²) in [7, 11) is 0. The summed E-state index contributed by atoms with van der Waals surface area (Å²) >= 11 is 0. The van der Waals surface area contributed by atoms with Gasteiger partial charge >= 0.3 is 0 Å². The van der Waals surface area contributed by atoms with Crippen LogP contribution >= 0.6 is 0 Å². The zero-order chi connectivity index (χ0) is 11.8. The largest absolute Gasteiger partial charge is 0.390 e. The number of likely N-dealkylation sites (tertiary alicyclic amines) is 1. The Hall–Kier alpha value is -0.260. The molecule has 0 aromatic rings. The molecule has 2 fully saturated rings. The number of aliphatic hydroxyl groups is 1. The van der Waals surface area contributed by atoms with Crippen LogP contribution < -0.4 is 5.32 Å². The lowest BCUT2D eigenvalue weighted by molar-refractivity contribution is -0.0491. The molecule has 0 aromatic heterocycles. The van der Waals surface area contributed by atoms with Crippen molar-refractivity contribution in [2.45, 2.75) is 50.2 Å². The fourth-order valence-electron chi connectivity index (χ4n) is 2.47. The lowest BCUT2D eigenvalue weighted by Gasteiger charge is -2.20. The molecule has 5 heteroatoms. The first-order valence-corrected chi connectivity index (χ1v) is 5.99. The second-order valence-electron chi connectivity index (χ2n) is 5.10. The van der Waals surface area contributed by atoms with Crippen LogP contribution in [0, 0.1) is 0 Å². The van der Waals surface area contributed by atoms with Gasteiger partial charge in [0, 0.05) is 24.7 Å². The normalized spacial score (nSPS) is 32.2. The Labute approximate surface area is 94.8 Å². The smallest absolute Gasteiger partial charge is 0.282 e. The molecule has 2 rings (SSSR count). The number of hydrogen-bond acceptors (Lipinski definition) is 3. The molecular weight excluding hydrogens is 214 g/mol. The van der Waals surface area contributed by atoms with Gasteiger partial charge in [0.2, 0.25) is 0 Å². The summed E-state index contributed by atoms with van der Waals surface area (Å²) in [5.74, 6) is -2.99. The molecule has 1 aliphatic carbocycles. The molecule has 0 radical (unpaired) electrons. The Morgan fingerprint density at radius 2 is 2.12 bits per heavy atom. The van der Waals surface area contributed by atoms with Crippen molar-refractivity contribution in [2.24, 2.45) is 0 Å². The third-order valence-corrected chi connectivity index (χ3v) is 3.52. The predicted molar refractivity (Wildman–Crippen MR) is 57.6 cm³/mol. The maximum atomic E-state index is 12.8. The van der Waals surface area contributed by atoms with Gasteiger partial charge < -0.3 is 10.4 Å². The standard InChI is InChI=1S/C11H20F2N2O/c1-8-4-9(5-15(8)10-2-3-10)14-6-11(12,13)7-16/h8-10,14,16H,2-7H2,1H3.